The maximum absolute atomic E-state index is 3.65. The van der Waals surface area contributed by atoms with Gasteiger partial charge in [0.2, 0.25) is 0 Å². The summed E-state index contributed by atoms with van der Waals surface area (Å²) < 4.78 is 3.65. The van der Waals surface area contributed by atoms with Crippen LogP contribution < -0.4 is 0 Å². The van der Waals surface area contributed by atoms with E-state index < -0.39 is 0 Å². The molecule has 0 N–H and O–H groups in total. The third kappa shape index (κ3) is 3.39. The smallest absolute Gasteiger partial charge is 0.129 e. The van der Waals surface area contributed by atoms with Gasteiger partial charge < -0.3 is 0 Å². The highest BCUT2D eigenvalue weighted by molar-refractivity contribution is 7.03. The molecular weight excluding hydrogens is 108 g/mol. The molecule has 0 aliphatic rings. The van der Waals surface area contributed by atoms with Crippen molar-refractivity contribution < 1.29 is 0 Å². The van der Waals surface area contributed by atoms with Gasteiger partial charge in [0.05, 0.1) is 0 Å². The predicted octanol–water partition coefficient (Wildman–Crippen LogP) is 1.56. The van der Waals surface area contributed by atoms with E-state index in [1.54, 1.807) is 5.51 Å². The van der Waals surface area contributed by atoms with E-state index in [4.69, 9.17) is 0 Å². The molecule has 0 saturated carbocycles. The molecule has 0 aromatic carbocycles. The molecule has 0 fully saturated rings. The van der Waals surface area contributed by atoms with E-state index in [1.807, 2.05) is 13.8 Å². The molecule has 0 unspecified atom stereocenters. The molecule has 0 bridgehead atoms. The molecule has 1 aromatic heterocycles. The molecule has 40 valence electrons. The monoisotopic (exact) mass is 116 g/mol. The van der Waals surface area contributed by atoms with Crippen molar-refractivity contribution in [3.63, 3.8) is 0 Å². The van der Waals surface area contributed by atoms with E-state index in [-0.39, 0.29) is 0 Å². The zero-order chi connectivity index (χ0) is 5.54. The van der Waals surface area contributed by atoms with Crippen LogP contribution in [0.15, 0.2) is 11.8 Å². The average molecular weight is 116 g/mol. The molecule has 0 spiro atoms. The topological polar surface area (TPSA) is 25.8 Å². The number of hydrogen-bond donors (Lipinski definition) is 0. The fourth-order valence-corrected chi connectivity index (χ4v) is 0.408. The second-order valence-electron chi connectivity index (χ2n) is 0.581. The standard InChI is InChI=1S/C2H2N2S.C2H6/c1-3-2-5-4-1;1-2/h1-2H;1-2H3. The molecule has 3 heteroatoms. The quantitative estimate of drug-likeness (QED) is 0.514. The van der Waals surface area contributed by atoms with Crippen molar-refractivity contribution in [2.45, 2.75) is 13.8 Å². The van der Waals surface area contributed by atoms with Crippen molar-refractivity contribution in [3.05, 3.63) is 11.8 Å². The summed E-state index contributed by atoms with van der Waals surface area (Å²) >= 11 is 1.35. The molecule has 1 aromatic rings. The highest BCUT2D eigenvalue weighted by Crippen LogP contribution is 1.77. The largest absolute Gasteiger partial charge is 0.231 e. The summed E-state index contributed by atoms with van der Waals surface area (Å²) in [6, 6.07) is 0. The molecule has 0 atom stereocenters. The first-order valence-electron chi connectivity index (χ1n) is 2.19. The minimum Gasteiger partial charge on any atom is -0.231 e. The summed E-state index contributed by atoms with van der Waals surface area (Å²) in [5, 5.41) is 0. The van der Waals surface area contributed by atoms with Crippen molar-refractivity contribution in [1.29, 1.82) is 0 Å². The van der Waals surface area contributed by atoms with Crippen LogP contribution in [0.2, 0.25) is 0 Å². The Morgan fingerprint density at radius 3 is 2.29 bits per heavy atom. The van der Waals surface area contributed by atoms with Crippen LogP contribution in [0.1, 0.15) is 13.8 Å². The molecule has 2 nitrogen and oxygen atoms in total. The number of hydrogen-bond acceptors (Lipinski definition) is 3. The first-order chi connectivity index (χ1) is 3.50. The lowest BCUT2D eigenvalue weighted by Crippen LogP contribution is -1.43. The minimum atomic E-state index is 1.35. The average Bonchev–Trinajstić information content (AvgIpc) is 2.23. The Balaban J connectivity index is 0.000000162. The van der Waals surface area contributed by atoms with Gasteiger partial charge in [-0.15, -0.1) is 0 Å². The van der Waals surface area contributed by atoms with Gasteiger partial charge in [-0.3, -0.25) is 0 Å². The van der Waals surface area contributed by atoms with Gasteiger partial charge in [0.1, 0.15) is 11.8 Å². The van der Waals surface area contributed by atoms with Gasteiger partial charge in [0, 0.05) is 0 Å². The summed E-state index contributed by atoms with van der Waals surface area (Å²) in [7, 11) is 0. The van der Waals surface area contributed by atoms with Crippen molar-refractivity contribution in [1.82, 2.24) is 9.36 Å². The SMILES string of the molecule is CC.c1ncsn1. The molecule has 7 heavy (non-hydrogen) atoms. The highest BCUT2D eigenvalue weighted by atomic mass is 32.1. The Bertz CT molecular complexity index is 66.2. The van der Waals surface area contributed by atoms with E-state index in [0.29, 0.717) is 0 Å². The van der Waals surface area contributed by atoms with Crippen molar-refractivity contribution in [3.8, 4) is 0 Å². The number of nitrogens with zero attached hydrogens (tertiary/aromatic N) is 2. The molecule has 0 saturated heterocycles. The summed E-state index contributed by atoms with van der Waals surface area (Å²) in [6.07, 6.45) is 1.52. The Hall–Kier alpha value is -0.440. The lowest BCUT2D eigenvalue weighted by molar-refractivity contribution is 1.33. The normalized spacial score (nSPS) is 6.57. The lowest BCUT2D eigenvalue weighted by Gasteiger charge is -1.38. The van der Waals surface area contributed by atoms with Crippen LogP contribution in [0.5, 0.6) is 0 Å². The lowest BCUT2D eigenvalue weighted by atomic mass is 11.0. The van der Waals surface area contributed by atoms with E-state index in [0.717, 1.165) is 0 Å². The zero-order valence-corrected chi connectivity index (χ0v) is 5.27. The summed E-state index contributed by atoms with van der Waals surface area (Å²) in [6.45, 7) is 4.00. The van der Waals surface area contributed by atoms with Crippen LogP contribution >= 0.6 is 11.5 Å². The van der Waals surface area contributed by atoms with Crippen molar-refractivity contribution in [2.24, 2.45) is 0 Å². The number of aromatic nitrogens is 2. The van der Waals surface area contributed by atoms with Gasteiger partial charge in [-0.2, -0.15) is 4.37 Å². The van der Waals surface area contributed by atoms with Crippen LogP contribution in [-0.4, -0.2) is 9.36 Å². The first kappa shape index (κ1) is 6.56. The molecule has 0 aliphatic carbocycles. The predicted molar refractivity (Wildman–Crippen MR) is 31.3 cm³/mol. The van der Waals surface area contributed by atoms with Gasteiger partial charge in [-0.25, -0.2) is 4.98 Å². The Morgan fingerprint density at radius 1 is 1.43 bits per heavy atom. The van der Waals surface area contributed by atoms with E-state index in [9.17, 15) is 0 Å². The summed E-state index contributed by atoms with van der Waals surface area (Å²) in [4.78, 5) is 3.63. The molecule has 1 rings (SSSR count). The van der Waals surface area contributed by atoms with Gasteiger partial charge in [0.25, 0.3) is 0 Å². The third-order valence-corrected chi connectivity index (χ3v) is 0.715. The second-order valence-corrected chi connectivity index (χ2v) is 1.21. The molecule has 1 heterocycles. The maximum atomic E-state index is 3.65. The van der Waals surface area contributed by atoms with Crippen LogP contribution in [-0.2, 0) is 0 Å². The minimum absolute atomic E-state index is 1.35. The maximum Gasteiger partial charge on any atom is 0.129 e. The second kappa shape index (κ2) is 5.56. The summed E-state index contributed by atoms with van der Waals surface area (Å²) in [5.74, 6) is 0. The van der Waals surface area contributed by atoms with Gasteiger partial charge in [-0.05, 0) is 11.5 Å². The van der Waals surface area contributed by atoms with E-state index in [1.165, 1.54) is 17.9 Å². The molecule has 0 amide bonds. The van der Waals surface area contributed by atoms with Crippen LogP contribution in [0, 0.1) is 0 Å². The van der Waals surface area contributed by atoms with Crippen LogP contribution in [0.3, 0.4) is 0 Å². The van der Waals surface area contributed by atoms with E-state index >= 15 is 0 Å². The molecule has 0 radical (unpaired) electrons. The van der Waals surface area contributed by atoms with Crippen LogP contribution in [0.4, 0.5) is 0 Å². The van der Waals surface area contributed by atoms with Gasteiger partial charge in [0.15, 0.2) is 0 Å². The van der Waals surface area contributed by atoms with E-state index in [2.05, 4.69) is 9.36 Å². The molecule has 0 aliphatic heterocycles. The Morgan fingerprint density at radius 2 is 2.14 bits per heavy atom. The zero-order valence-electron chi connectivity index (χ0n) is 4.46. The van der Waals surface area contributed by atoms with Crippen LogP contribution in [0.25, 0.3) is 0 Å². The highest BCUT2D eigenvalue weighted by Gasteiger charge is 1.60. The molecular formula is C4H8N2S. The van der Waals surface area contributed by atoms with Crippen molar-refractivity contribution in [2.75, 3.05) is 0 Å². The van der Waals surface area contributed by atoms with Gasteiger partial charge in [-0.1, -0.05) is 13.8 Å². The summed E-state index contributed by atoms with van der Waals surface area (Å²) in [5.41, 5.74) is 1.68. The third-order valence-electron chi connectivity index (χ3n) is 0.283. The Kier molecular flexibility index (Phi) is 5.21. The Labute approximate surface area is 47.4 Å². The van der Waals surface area contributed by atoms with Gasteiger partial charge >= 0.3 is 0 Å². The fourth-order valence-electron chi connectivity index (χ4n) is 0.136. The first-order valence-corrected chi connectivity index (χ1v) is 3.03. The number of rotatable bonds is 0. The van der Waals surface area contributed by atoms with Crippen molar-refractivity contribution >= 4 is 11.5 Å². The fraction of sp³-hybridized carbons (Fsp3) is 0.500.